The van der Waals surface area contributed by atoms with Crippen LogP contribution in [-0.4, -0.2) is 48.4 Å². The van der Waals surface area contributed by atoms with Gasteiger partial charge in [0.15, 0.2) is 0 Å². The second-order valence-electron chi connectivity index (χ2n) is 5.03. The van der Waals surface area contributed by atoms with E-state index in [0.29, 0.717) is 13.1 Å². The van der Waals surface area contributed by atoms with Gasteiger partial charge < -0.3 is 15.5 Å². The third-order valence-electron chi connectivity index (χ3n) is 3.72. The number of amides is 1. The number of nitrogen functional groups attached to an aromatic ring is 1. The molecule has 0 saturated carbocycles. The summed E-state index contributed by atoms with van der Waals surface area (Å²) in [7, 11) is 0. The highest BCUT2D eigenvalue weighted by atomic mass is 19.4. The van der Waals surface area contributed by atoms with E-state index in [1.807, 2.05) is 6.92 Å². The minimum absolute atomic E-state index is 0.0743. The predicted molar refractivity (Wildman–Crippen MR) is 73.9 cm³/mol. The Labute approximate surface area is 121 Å². The van der Waals surface area contributed by atoms with Crippen LogP contribution >= 0.6 is 0 Å². The summed E-state index contributed by atoms with van der Waals surface area (Å²) in [5.74, 6) is -0.436. The zero-order chi connectivity index (χ0) is 15.6. The van der Waals surface area contributed by atoms with Gasteiger partial charge in [-0.1, -0.05) is 6.92 Å². The molecular formula is C14H18F3N3O. The van der Waals surface area contributed by atoms with Crippen LogP contribution in [-0.2, 0) is 6.18 Å². The molecule has 1 aliphatic rings. The Morgan fingerprint density at radius 3 is 2.38 bits per heavy atom. The molecule has 0 spiro atoms. The quantitative estimate of drug-likeness (QED) is 0.851. The molecule has 0 atom stereocenters. The molecule has 0 bridgehead atoms. The van der Waals surface area contributed by atoms with Crippen molar-refractivity contribution in [2.75, 3.05) is 38.5 Å². The third-order valence-corrected chi connectivity index (χ3v) is 3.72. The summed E-state index contributed by atoms with van der Waals surface area (Å²) in [6.45, 7) is 5.38. The number of piperazine rings is 1. The molecule has 1 aliphatic heterocycles. The number of anilines is 1. The average molecular weight is 301 g/mol. The molecule has 1 aromatic carbocycles. The van der Waals surface area contributed by atoms with E-state index in [0.717, 1.165) is 37.8 Å². The van der Waals surface area contributed by atoms with E-state index < -0.39 is 17.6 Å². The van der Waals surface area contributed by atoms with Crippen molar-refractivity contribution >= 4 is 11.6 Å². The number of benzene rings is 1. The number of hydrogen-bond donors (Lipinski definition) is 1. The van der Waals surface area contributed by atoms with Gasteiger partial charge in [0.1, 0.15) is 0 Å². The molecule has 1 aromatic rings. The first kappa shape index (κ1) is 15.6. The fourth-order valence-corrected chi connectivity index (χ4v) is 2.36. The minimum atomic E-state index is -4.48. The molecule has 2 N–H and O–H groups in total. The van der Waals surface area contributed by atoms with Gasteiger partial charge in [-0.15, -0.1) is 0 Å². The molecule has 21 heavy (non-hydrogen) atoms. The molecule has 1 heterocycles. The van der Waals surface area contributed by atoms with E-state index in [1.165, 1.54) is 0 Å². The smallest absolute Gasteiger partial charge is 0.398 e. The number of carbonyl (C=O) groups is 1. The van der Waals surface area contributed by atoms with Crippen LogP contribution < -0.4 is 5.73 Å². The van der Waals surface area contributed by atoms with Gasteiger partial charge in [0, 0.05) is 31.9 Å². The maximum absolute atomic E-state index is 12.7. The summed E-state index contributed by atoms with van der Waals surface area (Å²) in [5.41, 5.74) is 4.81. The number of rotatable bonds is 2. The molecule has 1 fully saturated rings. The summed E-state index contributed by atoms with van der Waals surface area (Å²) < 4.78 is 38.2. The van der Waals surface area contributed by atoms with Gasteiger partial charge in [-0.05, 0) is 24.7 Å². The fourth-order valence-electron chi connectivity index (χ4n) is 2.36. The van der Waals surface area contributed by atoms with Crippen molar-refractivity contribution in [3.05, 3.63) is 29.3 Å². The van der Waals surface area contributed by atoms with Crippen LogP contribution in [0.3, 0.4) is 0 Å². The van der Waals surface area contributed by atoms with E-state index in [9.17, 15) is 18.0 Å². The highest BCUT2D eigenvalue weighted by Crippen LogP contribution is 2.31. The highest BCUT2D eigenvalue weighted by Gasteiger charge is 2.32. The predicted octanol–water partition coefficient (Wildman–Crippen LogP) is 2.07. The molecule has 1 amide bonds. The van der Waals surface area contributed by atoms with E-state index in [1.54, 1.807) is 4.90 Å². The molecule has 0 aliphatic carbocycles. The summed E-state index contributed by atoms with van der Waals surface area (Å²) in [6, 6.07) is 2.86. The highest BCUT2D eigenvalue weighted by molar-refractivity contribution is 5.99. The third kappa shape index (κ3) is 3.47. The molecule has 4 nitrogen and oxygen atoms in total. The van der Waals surface area contributed by atoms with Crippen LogP contribution in [0.4, 0.5) is 18.9 Å². The lowest BCUT2D eigenvalue weighted by Gasteiger charge is -2.34. The summed E-state index contributed by atoms with van der Waals surface area (Å²) >= 11 is 0. The average Bonchev–Trinajstić information content (AvgIpc) is 2.46. The molecule has 7 heteroatoms. The maximum atomic E-state index is 12.7. The number of hydrogen-bond acceptors (Lipinski definition) is 3. The molecule has 116 valence electrons. The monoisotopic (exact) mass is 301 g/mol. The first-order valence-corrected chi connectivity index (χ1v) is 6.81. The Kier molecular flexibility index (Phi) is 4.41. The Morgan fingerprint density at radius 1 is 1.24 bits per heavy atom. The zero-order valence-electron chi connectivity index (χ0n) is 11.8. The lowest BCUT2D eigenvalue weighted by Crippen LogP contribution is -2.48. The molecule has 0 radical (unpaired) electrons. The number of carbonyl (C=O) groups excluding carboxylic acids is 1. The van der Waals surface area contributed by atoms with Gasteiger partial charge in [-0.2, -0.15) is 13.2 Å². The second-order valence-corrected chi connectivity index (χ2v) is 5.03. The van der Waals surface area contributed by atoms with Crippen LogP contribution in [0.5, 0.6) is 0 Å². The van der Waals surface area contributed by atoms with Crippen molar-refractivity contribution in [2.45, 2.75) is 13.1 Å². The van der Waals surface area contributed by atoms with Gasteiger partial charge in [-0.25, -0.2) is 0 Å². The molecule has 2 rings (SSSR count). The van der Waals surface area contributed by atoms with E-state index >= 15 is 0 Å². The van der Waals surface area contributed by atoms with Gasteiger partial charge >= 0.3 is 6.18 Å². The summed E-state index contributed by atoms with van der Waals surface area (Å²) in [5, 5.41) is 0. The lowest BCUT2D eigenvalue weighted by molar-refractivity contribution is -0.137. The molecule has 0 unspecified atom stereocenters. The Balaban J connectivity index is 2.19. The topological polar surface area (TPSA) is 49.6 Å². The van der Waals surface area contributed by atoms with Crippen LogP contribution in [0, 0.1) is 0 Å². The Hall–Kier alpha value is -1.76. The van der Waals surface area contributed by atoms with Crippen LogP contribution in [0.15, 0.2) is 18.2 Å². The fraction of sp³-hybridized carbons (Fsp3) is 0.500. The van der Waals surface area contributed by atoms with Crippen molar-refractivity contribution in [3.8, 4) is 0 Å². The number of nitrogens with two attached hydrogens (primary N) is 1. The zero-order valence-corrected chi connectivity index (χ0v) is 11.8. The van der Waals surface area contributed by atoms with Crippen molar-refractivity contribution in [1.82, 2.24) is 9.80 Å². The Bertz CT molecular complexity index is 523. The van der Waals surface area contributed by atoms with Crippen LogP contribution in [0.25, 0.3) is 0 Å². The summed E-state index contributed by atoms with van der Waals surface area (Å²) in [6.07, 6.45) is -4.48. The van der Waals surface area contributed by atoms with Crippen LogP contribution in [0.2, 0.25) is 0 Å². The maximum Gasteiger partial charge on any atom is 0.416 e. The van der Waals surface area contributed by atoms with Gasteiger partial charge in [-0.3, -0.25) is 4.79 Å². The van der Waals surface area contributed by atoms with Crippen molar-refractivity contribution < 1.29 is 18.0 Å². The van der Waals surface area contributed by atoms with Crippen molar-refractivity contribution in [1.29, 1.82) is 0 Å². The lowest BCUT2D eigenvalue weighted by atomic mass is 10.1. The number of halogens is 3. The minimum Gasteiger partial charge on any atom is -0.398 e. The second kappa shape index (κ2) is 5.93. The van der Waals surface area contributed by atoms with Crippen LogP contribution in [0.1, 0.15) is 22.8 Å². The first-order valence-electron chi connectivity index (χ1n) is 6.81. The largest absolute Gasteiger partial charge is 0.416 e. The van der Waals surface area contributed by atoms with E-state index in [2.05, 4.69) is 4.90 Å². The molecule has 0 aromatic heterocycles. The van der Waals surface area contributed by atoms with Gasteiger partial charge in [0.25, 0.3) is 5.91 Å². The summed E-state index contributed by atoms with van der Waals surface area (Å²) in [4.78, 5) is 16.1. The Morgan fingerprint density at radius 2 is 1.86 bits per heavy atom. The van der Waals surface area contributed by atoms with Crippen molar-refractivity contribution in [3.63, 3.8) is 0 Å². The number of likely N-dealkylation sites (N-methyl/N-ethyl adjacent to an activating group) is 1. The standard InChI is InChI=1S/C14H18F3N3O/c1-2-19-5-7-20(8-6-19)13(21)11-9-10(14(15,16)17)3-4-12(11)18/h3-4,9H,2,5-8,18H2,1H3. The number of alkyl halides is 3. The normalized spacial score (nSPS) is 17.0. The van der Waals surface area contributed by atoms with E-state index in [-0.39, 0.29) is 11.3 Å². The number of nitrogens with zero attached hydrogens (tertiary/aromatic N) is 2. The SMILES string of the molecule is CCN1CCN(C(=O)c2cc(C(F)(F)F)ccc2N)CC1. The van der Waals surface area contributed by atoms with E-state index in [4.69, 9.17) is 5.73 Å². The van der Waals surface area contributed by atoms with Crippen molar-refractivity contribution in [2.24, 2.45) is 0 Å². The molecular weight excluding hydrogens is 283 g/mol. The molecule has 1 saturated heterocycles. The van der Waals surface area contributed by atoms with Gasteiger partial charge in [0.2, 0.25) is 0 Å². The first-order chi connectivity index (χ1) is 9.82. The van der Waals surface area contributed by atoms with Gasteiger partial charge in [0.05, 0.1) is 11.1 Å².